The van der Waals surface area contributed by atoms with Gasteiger partial charge in [0.25, 0.3) is 0 Å². The minimum Gasteiger partial charge on any atom is -0.311 e. The smallest absolute Gasteiger partial charge is 0.311 e. The molecule has 2 unspecified atom stereocenters. The molecule has 316 valence electrons. The number of alkyl halides is 6. The molecule has 0 saturated carbocycles. The highest BCUT2D eigenvalue weighted by atomic mass is 19.4. The first kappa shape index (κ1) is 41.3. The minimum absolute atomic E-state index is 0.0392. The van der Waals surface area contributed by atoms with Gasteiger partial charge in [0.1, 0.15) is 0 Å². The Morgan fingerprint density at radius 2 is 1.05 bits per heavy atom. The molecule has 0 aliphatic heterocycles. The predicted molar refractivity (Wildman–Crippen MR) is 239 cm³/mol. The van der Waals surface area contributed by atoms with Crippen LogP contribution >= 0.6 is 0 Å². The Morgan fingerprint density at radius 3 is 1.58 bits per heavy atom. The molecule has 6 aromatic rings. The van der Waals surface area contributed by atoms with Gasteiger partial charge in [-0.05, 0) is 168 Å². The molecule has 0 N–H and O–H groups in total. The summed E-state index contributed by atoms with van der Waals surface area (Å²) in [6.45, 7) is 17.5. The van der Waals surface area contributed by atoms with Crippen LogP contribution in [0.2, 0.25) is 0 Å². The Hall–Kier alpha value is -6.02. The highest BCUT2D eigenvalue weighted by molar-refractivity contribution is 5.90. The summed E-state index contributed by atoms with van der Waals surface area (Å²) in [4.78, 5) is 4.14. The number of fused-ring (bicyclic) bond motifs is 7. The van der Waals surface area contributed by atoms with Crippen molar-refractivity contribution < 1.29 is 26.3 Å². The van der Waals surface area contributed by atoms with Crippen LogP contribution in [0.15, 0.2) is 145 Å². The van der Waals surface area contributed by atoms with Crippen molar-refractivity contribution in [1.82, 2.24) is 0 Å². The molecule has 0 fully saturated rings. The first-order valence-electron chi connectivity index (χ1n) is 21.0. The van der Waals surface area contributed by atoms with Crippen LogP contribution in [0.1, 0.15) is 90.6 Å². The lowest BCUT2D eigenvalue weighted by Gasteiger charge is -2.37. The van der Waals surface area contributed by atoms with E-state index in [2.05, 4.69) is 87.8 Å². The zero-order valence-corrected chi connectivity index (χ0v) is 36.0. The molecule has 0 radical (unpaired) electrons. The second kappa shape index (κ2) is 14.3. The van der Waals surface area contributed by atoms with E-state index in [1.165, 1.54) is 33.4 Å². The monoisotopic (exact) mass is 838 g/mol. The van der Waals surface area contributed by atoms with Crippen molar-refractivity contribution in [1.29, 1.82) is 0 Å². The molecule has 2 nitrogen and oxygen atoms in total. The predicted octanol–water partition coefficient (Wildman–Crippen LogP) is 16.1. The summed E-state index contributed by atoms with van der Waals surface area (Å²) in [5.74, 6) is 0.130. The van der Waals surface area contributed by atoms with Gasteiger partial charge in [0.05, 0.1) is 11.1 Å². The Bertz CT molecular complexity index is 2820. The maximum absolute atomic E-state index is 13.7. The summed E-state index contributed by atoms with van der Waals surface area (Å²) < 4.78 is 82.3. The maximum Gasteiger partial charge on any atom is 0.416 e. The number of halogens is 6. The van der Waals surface area contributed by atoms with E-state index in [0.717, 1.165) is 69.3 Å². The minimum atomic E-state index is -4.45. The average Bonchev–Trinajstić information content (AvgIpc) is 3.59. The summed E-state index contributed by atoms with van der Waals surface area (Å²) in [7, 11) is 0. The van der Waals surface area contributed by atoms with Gasteiger partial charge in [0.15, 0.2) is 0 Å². The lowest BCUT2D eigenvalue weighted by molar-refractivity contribution is -0.138. The standard InChI is InChI=1S/C54H48F6N2/c1-31-13-9-11-15-45(31)61(37-21-17-35(18-22-37)53(55,56)57)39-27-33(3)47-41-25-26-42-48-34(4)28-40(30-44(48)52(7,8)50(42)49(41)51(5,6)43(47)29-39)62(46-16-12-10-14-32(46)2)38-23-19-36(20-24-38)54(58,59)60/h9-30,43,47H,1-8H3. The lowest BCUT2D eigenvalue weighted by Crippen LogP contribution is -2.31. The highest BCUT2D eigenvalue weighted by Crippen LogP contribution is 2.63. The zero-order valence-electron chi connectivity index (χ0n) is 36.0. The summed E-state index contributed by atoms with van der Waals surface area (Å²) >= 11 is 0. The number of aryl methyl sites for hydroxylation is 3. The van der Waals surface area contributed by atoms with Gasteiger partial charge in [0, 0.05) is 45.5 Å². The molecule has 8 heteroatoms. The zero-order chi connectivity index (χ0) is 44.3. The van der Waals surface area contributed by atoms with E-state index in [-0.39, 0.29) is 17.3 Å². The maximum atomic E-state index is 13.7. The molecule has 9 rings (SSSR count). The van der Waals surface area contributed by atoms with E-state index in [0.29, 0.717) is 11.4 Å². The number of hydrogen-bond acceptors (Lipinski definition) is 2. The summed E-state index contributed by atoms with van der Waals surface area (Å²) in [5, 5.41) is 0. The van der Waals surface area contributed by atoms with Crippen molar-refractivity contribution in [3.63, 3.8) is 0 Å². The van der Waals surface area contributed by atoms with Crippen LogP contribution in [0.5, 0.6) is 0 Å². The molecule has 62 heavy (non-hydrogen) atoms. The molecule has 0 bridgehead atoms. The molecule has 6 aromatic carbocycles. The molecule has 0 aromatic heterocycles. The lowest BCUT2D eigenvalue weighted by atomic mass is 9.69. The van der Waals surface area contributed by atoms with Gasteiger partial charge in [-0.15, -0.1) is 0 Å². The van der Waals surface area contributed by atoms with E-state index < -0.39 is 28.9 Å². The van der Waals surface area contributed by atoms with E-state index in [4.69, 9.17) is 0 Å². The first-order valence-corrected chi connectivity index (χ1v) is 21.0. The van der Waals surface area contributed by atoms with Crippen LogP contribution in [0.25, 0.3) is 11.1 Å². The molecule has 0 amide bonds. The van der Waals surface area contributed by atoms with Gasteiger partial charge < -0.3 is 9.80 Å². The number of hydrogen-bond donors (Lipinski definition) is 0. The molecule has 0 heterocycles. The molecular formula is C54H48F6N2. The molecule has 3 aliphatic rings. The molecular weight excluding hydrogens is 791 g/mol. The Balaban J connectivity index is 1.16. The third kappa shape index (κ3) is 6.47. The molecule has 3 aliphatic carbocycles. The Labute approximate surface area is 359 Å². The van der Waals surface area contributed by atoms with E-state index in [9.17, 15) is 26.3 Å². The number of nitrogens with zero attached hydrogens (tertiary/aromatic N) is 2. The van der Waals surface area contributed by atoms with E-state index in [1.807, 2.05) is 62.4 Å². The largest absolute Gasteiger partial charge is 0.416 e. The van der Waals surface area contributed by atoms with Crippen LogP contribution in [-0.2, 0) is 23.2 Å². The first-order chi connectivity index (χ1) is 29.2. The normalized spacial score (nSPS) is 18.3. The second-order valence-corrected chi connectivity index (χ2v) is 18.3. The van der Waals surface area contributed by atoms with E-state index in [1.54, 1.807) is 24.3 Å². The van der Waals surface area contributed by atoms with Crippen molar-refractivity contribution in [2.45, 2.75) is 84.5 Å². The van der Waals surface area contributed by atoms with Gasteiger partial charge >= 0.3 is 12.4 Å². The fraction of sp³-hybridized carbons (Fsp3) is 0.259. The summed E-state index contributed by atoms with van der Waals surface area (Å²) in [6, 6.07) is 35.6. The van der Waals surface area contributed by atoms with Gasteiger partial charge in [0.2, 0.25) is 0 Å². The second-order valence-electron chi connectivity index (χ2n) is 18.3. The number of allylic oxidation sites excluding steroid dienone is 3. The third-order valence-corrected chi connectivity index (χ3v) is 13.6. The average molecular weight is 839 g/mol. The van der Waals surface area contributed by atoms with Crippen molar-refractivity contribution >= 4 is 28.4 Å². The Kier molecular flexibility index (Phi) is 9.51. The third-order valence-electron chi connectivity index (χ3n) is 13.6. The van der Waals surface area contributed by atoms with Crippen LogP contribution in [0.4, 0.5) is 54.8 Å². The molecule has 0 saturated heterocycles. The van der Waals surface area contributed by atoms with Gasteiger partial charge in [-0.25, -0.2) is 0 Å². The van der Waals surface area contributed by atoms with Crippen molar-refractivity contribution in [2.75, 3.05) is 9.80 Å². The summed E-state index contributed by atoms with van der Waals surface area (Å²) in [6.07, 6.45) is -4.37. The summed E-state index contributed by atoms with van der Waals surface area (Å²) in [5.41, 5.74) is 14.3. The molecule has 2 atom stereocenters. The number of rotatable bonds is 6. The molecule has 0 spiro atoms. The van der Waals surface area contributed by atoms with E-state index >= 15 is 0 Å². The Morgan fingerprint density at radius 1 is 0.532 bits per heavy atom. The SMILES string of the molecule is CC1=CC(N(c2ccc(C(F)(F)F)cc2)c2ccccc2C)=CC2C1c1ccc3c(c1C2(C)C)C(C)(C)c1cc(N(c2ccc(C(F)(F)F)cc2)c2ccccc2C)cc(C)c1-3. The quantitative estimate of drug-likeness (QED) is 0.154. The van der Waals surface area contributed by atoms with Crippen LogP contribution < -0.4 is 9.80 Å². The van der Waals surface area contributed by atoms with Crippen molar-refractivity contribution in [3.05, 3.63) is 195 Å². The van der Waals surface area contributed by atoms with Crippen LogP contribution in [-0.4, -0.2) is 0 Å². The fourth-order valence-electron chi connectivity index (χ4n) is 10.7. The number of para-hydroxylation sites is 2. The number of benzene rings is 6. The highest BCUT2D eigenvalue weighted by Gasteiger charge is 2.52. The fourth-order valence-corrected chi connectivity index (χ4v) is 10.7. The van der Waals surface area contributed by atoms with Gasteiger partial charge in [-0.1, -0.05) is 87.9 Å². The van der Waals surface area contributed by atoms with Gasteiger partial charge in [-0.2, -0.15) is 26.3 Å². The van der Waals surface area contributed by atoms with Crippen LogP contribution in [0.3, 0.4) is 0 Å². The van der Waals surface area contributed by atoms with Crippen LogP contribution in [0, 0.1) is 26.7 Å². The van der Waals surface area contributed by atoms with Crippen molar-refractivity contribution in [2.24, 2.45) is 5.92 Å². The number of anilines is 5. The van der Waals surface area contributed by atoms with Crippen molar-refractivity contribution in [3.8, 4) is 11.1 Å². The topological polar surface area (TPSA) is 6.48 Å². The van der Waals surface area contributed by atoms with Gasteiger partial charge in [-0.3, -0.25) is 0 Å².